The summed E-state index contributed by atoms with van der Waals surface area (Å²) >= 11 is 6.04. The molecule has 1 saturated heterocycles. The highest BCUT2D eigenvalue weighted by Gasteiger charge is 2.23. The highest BCUT2D eigenvalue weighted by atomic mass is 35.5. The number of carbonyl (C=O) groups is 1. The first-order chi connectivity index (χ1) is 9.25. The van der Waals surface area contributed by atoms with Crippen molar-refractivity contribution in [1.29, 1.82) is 0 Å². The monoisotopic (exact) mass is 295 g/mol. The van der Waals surface area contributed by atoms with Crippen molar-refractivity contribution < 1.29 is 4.79 Å². The zero-order chi connectivity index (χ0) is 14.9. The number of nitrogens with zero attached hydrogens (tertiary/aromatic N) is 2. The van der Waals surface area contributed by atoms with Crippen LogP contribution in [0.3, 0.4) is 0 Å². The molecule has 2 heterocycles. The maximum absolute atomic E-state index is 12.3. The Labute approximate surface area is 125 Å². The van der Waals surface area contributed by atoms with Crippen LogP contribution in [0.5, 0.6) is 0 Å². The Balaban J connectivity index is 2.15. The van der Waals surface area contributed by atoms with E-state index in [-0.39, 0.29) is 17.4 Å². The number of rotatable bonds is 2. The van der Waals surface area contributed by atoms with E-state index in [1.165, 1.54) is 0 Å². The standard InChI is InChI=1S/C15H22ClN3O/c1-15(2,3)12-7-10(8-13(16)18-12)14(20)17-11-5-6-19(4)9-11/h7-8,11H,5-6,9H2,1-4H3,(H,17,20). The number of aromatic nitrogens is 1. The Morgan fingerprint density at radius 3 is 2.70 bits per heavy atom. The smallest absolute Gasteiger partial charge is 0.251 e. The van der Waals surface area contributed by atoms with Crippen LogP contribution in [0.1, 0.15) is 43.2 Å². The predicted octanol–water partition coefficient (Wildman–Crippen LogP) is 2.47. The van der Waals surface area contributed by atoms with Crippen LogP contribution in [-0.4, -0.2) is 42.0 Å². The lowest BCUT2D eigenvalue weighted by molar-refractivity contribution is 0.0938. The van der Waals surface area contributed by atoms with Gasteiger partial charge in [-0.3, -0.25) is 4.79 Å². The number of likely N-dealkylation sites (tertiary alicyclic amines) is 1. The van der Waals surface area contributed by atoms with Crippen LogP contribution in [0, 0.1) is 0 Å². The Morgan fingerprint density at radius 1 is 1.45 bits per heavy atom. The second kappa shape index (κ2) is 5.70. The summed E-state index contributed by atoms with van der Waals surface area (Å²) in [6.45, 7) is 8.09. The Bertz CT molecular complexity index is 510. The number of amides is 1. The van der Waals surface area contributed by atoms with Crippen LogP contribution in [0.2, 0.25) is 5.15 Å². The van der Waals surface area contributed by atoms with Crippen molar-refractivity contribution >= 4 is 17.5 Å². The van der Waals surface area contributed by atoms with Gasteiger partial charge in [0.2, 0.25) is 0 Å². The van der Waals surface area contributed by atoms with E-state index in [9.17, 15) is 4.79 Å². The quantitative estimate of drug-likeness (QED) is 0.853. The van der Waals surface area contributed by atoms with Crippen molar-refractivity contribution in [3.05, 3.63) is 28.5 Å². The third kappa shape index (κ3) is 3.70. The normalized spacial score (nSPS) is 20.1. The van der Waals surface area contributed by atoms with Gasteiger partial charge in [-0.25, -0.2) is 4.98 Å². The minimum Gasteiger partial charge on any atom is -0.348 e. The molecule has 5 heteroatoms. The highest BCUT2D eigenvalue weighted by Crippen LogP contribution is 2.23. The van der Waals surface area contributed by atoms with Gasteiger partial charge in [-0.1, -0.05) is 32.4 Å². The zero-order valence-corrected chi connectivity index (χ0v) is 13.3. The second-order valence-electron chi connectivity index (χ2n) is 6.54. The van der Waals surface area contributed by atoms with Crippen LogP contribution in [-0.2, 0) is 5.41 Å². The van der Waals surface area contributed by atoms with E-state index in [0.717, 1.165) is 25.2 Å². The van der Waals surface area contributed by atoms with Crippen molar-refractivity contribution in [3.63, 3.8) is 0 Å². The first-order valence-electron chi connectivity index (χ1n) is 6.93. The zero-order valence-electron chi connectivity index (χ0n) is 12.5. The highest BCUT2D eigenvalue weighted by molar-refractivity contribution is 6.29. The molecule has 0 radical (unpaired) electrons. The summed E-state index contributed by atoms with van der Waals surface area (Å²) in [7, 11) is 2.06. The van der Waals surface area contributed by atoms with Crippen molar-refractivity contribution in [2.24, 2.45) is 0 Å². The van der Waals surface area contributed by atoms with Gasteiger partial charge in [0, 0.05) is 29.3 Å². The minimum atomic E-state index is -0.131. The minimum absolute atomic E-state index is 0.0694. The van der Waals surface area contributed by atoms with Crippen molar-refractivity contribution in [1.82, 2.24) is 15.2 Å². The fourth-order valence-corrected chi connectivity index (χ4v) is 2.54. The predicted molar refractivity (Wildman–Crippen MR) is 81.3 cm³/mol. The second-order valence-corrected chi connectivity index (χ2v) is 6.92. The first-order valence-corrected chi connectivity index (χ1v) is 7.31. The molecule has 1 fully saturated rings. The molecule has 1 aliphatic rings. The fraction of sp³-hybridized carbons (Fsp3) is 0.600. The van der Waals surface area contributed by atoms with Gasteiger partial charge in [-0.2, -0.15) is 0 Å². The molecule has 1 N–H and O–H groups in total. The molecule has 0 spiro atoms. The summed E-state index contributed by atoms with van der Waals surface area (Å²) in [4.78, 5) is 18.8. The summed E-state index contributed by atoms with van der Waals surface area (Å²) < 4.78 is 0. The van der Waals surface area contributed by atoms with E-state index in [4.69, 9.17) is 11.6 Å². The summed E-state index contributed by atoms with van der Waals surface area (Å²) in [6.07, 6.45) is 0.993. The largest absolute Gasteiger partial charge is 0.348 e. The van der Waals surface area contributed by atoms with Crippen LogP contribution >= 0.6 is 11.6 Å². The van der Waals surface area contributed by atoms with E-state index in [2.05, 4.69) is 43.0 Å². The number of carbonyl (C=O) groups excluding carboxylic acids is 1. The van der Waals surface area contributed by atoms with Crippen molar-refractivity contribution in [3.8, 4) is 0 Å². The van der Waals surface area contributed by atoms with Gasteiger partial charge in [0.1, 0.15) is 5.15 Å². The molecule has 0 aromatic carbocycles. The average molecular weight is 296 g/mol. The van der Waals surface area contributed by atoms with Crippen molar-refractivity contribution in [2.75, 3.05) is 20.1 Å². The number of nitrogens with one attached hydrogen (secondary N) is 1. The number of hydrogen-bond donors (Lipinski definition) is 1. The number of hydrogen-bond acceptors (Lipinski definition) is 3. The number of pyridine rings is 1. The molecule has 1 aromatic heterocycles. The molecule has 4 nitrogen and oxygen atoms in total. The van der Waals surface area contributed by atoms with E-state index >= 15 is 0 Å². The summed E-state index contributed by atoms with van der Waals surface area (Å²) in [5.41, 5.74) is 1.29. The molecule has 1 aromatic rings. The van der Waals surface area contributed by atoms with E-state index in [1.54, 1.807) is 6.07 Å². The van der Waals surface area contributed by atoms with Gasteiger partial charge in [0.25, 0.3) is 5.91 Å². The SMILES string of the molecule is CN1CCC(NC(=O)c2cc(Cl)nc(C(C)(C)C)c2)C1. The molecule has 1 aliphatic heterocycles. The van der Waals surface area contributed by atoms with Crippen LogP contribution in [0.4, 0.5) is 0 Å². The van der Waals surface area contributed by atoms with Gasteiger partial charge in [-0.15, -0.1) is 0 Å². The third-order valence-corrected chi connectivity index (χ3v) is 3.74. The van der Waals surface area contributed by atoms with Gasteiger partial charge in [-0.05, 0) is 32.1 Å². The lowest BCUT2D eigenvalue weighted by atomic mass is 9.91. The van der Waals surface area contributed by atoms with Gasteiger partial charge < -0.3 is 10.2 Å². The molecule has 2 rings (SSSR count). The Morgan fingerprint density at radius 2 is 2.15 bits per heavy atom. The molecule has 1 amide bonds. The van der Waals surface area contributed by atoms with E-state index in [0.29, 0.717) is 10.7 Å². The maximum Gasteiger partial charge on any atom is 0.251 e. The van der Waals surface area contributed by atoms with E-state index in [1.807, 2.05) is 6.07 Å². The molecular formula is C15H22ClN3O. The van der Waals surface area contributed by atoms with Gasteiger partial charge >= 0.3 is 0 Å². The fourth-order valence-electron chi connectivity index (χ4n) is 2.33. The molecule has 1 unspecified atom stereocenters. The van der Waals surface area contributed by atoms with Crippen LogP contribution in [0.25, 0.3) is 0 Å². The van der Waals surface area contributed by atoms with Gasteiger partial charge in [0.05, 0.1) is 0 Å². The molecule has 0 aliphatic carbocycles. The number of halogens is 1. The number of likely N-dealkylation sites (N-methyl/N-ethyl adjacent to an activating group) is 1. The van der Waals surface area contributed by atoms with Crippen molar-refractivity contribution in [2.45, 2.75) is 38.6 Å². The lowest BCUT2D eigenvalue weighted by Crippen LogP contribution is -2.36. The maximum atomic E-state index is 12.3. The molecule has 0 bridgehead atoms. The third-order valence-electron chi connectivity index (χ3n) is 3.55. The Hall–Kier alpha value is -1.13. The lowest BCUT2D eigenvalue weighted by Gasteiger charge is -2.19. The summed E-state index contributed by atoms with van der Waals surface area (Å²) in [5, 5.41) is 3.43. The molecule has 110 valence electrons. The molecule has 0 saturated carbocycles. The van der Waals surface area contributed by atoms with Crippen LogP contribution in [0.15, 0.2) is 12.1 Å². The molecular weight excluding hydrogens is 274 g/mol. The molecule has 20 heavy (non-hydrogen) atoms. The average Bonchev–Trinajstić information content (AvgIpc) is 2.72. The van der Waals surface area contributed by atoms with E-state index < -0.39 is 0 Å². The summed E-state index contributed by atoms with van der Waals surface area (Å²) in [5.74, 6) is -0.0694. The first kappa shape index (κ1) is 15.3. The van der Waals surface area contributed by atoms with Gasteiger partial charge in [0.15, 0.2) is 0 Å². The summed E-state index contributed by atoms with van der Waals surface area (Å²) in [6, 6.07) is 3.68. The molecule has 1 atom stereocenters. The van der Waals surface area contributed by atoms with Crippen LogP contribution < -0.4 is 5.32 Å². The topological polar surface area (TPSA) is 45.2 Å². The Kier molecular flexibility index (Phi) is 4.35.